The Hall–Kier alpha value is -1.50. The molecule has 84 valence electrons. The monoisotopic (exact) mass is 287 g/mol. The van der Waals surface area contributed by atoms with E-state index in [9.17, 15) is 0 Å². The second kappa shape index (κ2) is 4.40. The Bertz CT molecular complexity index is 640. The molecule has 2 heteroatoms. The van der Waals surface area contributed by atoms with Gasteiger partial charge in [0.1, 0.15) is 0 Å². The summed E-state index contributed by atoms with van der Waals surface area (Å²) in [6.45, 7) is 0.933. The van der Waals surface area contributed by atoms with Gasteiger partial charge >= 0.3 is 109 Å². The van der Waals surface area contributed by atoms with E-state index in [-0.39, 0.29) is 0 Å². The molecule has 0 bridgehead atoms. The average Bonchev–Trinajstić information content (AvgIpc) is 2.73. The van der Waals surface area contributed by atoms with Gasteiger partial charge in [-0.05, 0) is 0 Å². The van der Waals surface area contributed by atoms with Crippen molar-refractivity contribution in [2.75, 3.05) is 0 Å². The molecular formula is C15H13NSe. The minimum absolute atomic E-state index is 0.933. The van der Waals surface area contributed by atoms with Gasteiger partial charge in [-0.15, -0.1) is 0 Å². The van der Waals surface area contributed by atoms with Gasteiger partial charge in [0.15, 0.2) is 0 Å². The van der Waals surface area contributed by atoms with Crippen LogP contribution in [0.15, 0.2) is 60.8 Å². The molecule has 0 fully saturated rings. The van der Waals surface area contributed by atoms with Crippen LogP contribution in [-0.4, -0.2) is 20.6 Å². The third kappa shape index (κ3) is 2.14. The molecule has 0 radical (unpaired) electrons. The predicted molar refractivity (Wildman–Crippen MR) is 74.3 cm³/mol. The van der Waals surface area contributed by atoms with Crippen LogP contribution in [0.3, 0.4) is 0 Å². The van der Waals surface area contributed by atoms with Gasteiger partial charge in [-0.1, -0.05) is 0 Å². The summed E-state index contributed by atoms with van der Waals surface area (Å²) in [5.74, 6) is 0. The van der Waals surface area contributed by atoms with Crippen molar-refractivity contribution in [2.45, 2.75) is 6.54 Å². The zero-order valence-corrected chi connectivity index (χ0v) is 11.3. The molecule has 0 N–H and O–H groups in total. The average molecular weight is 286 g/mol. The molecule has 17 heavy (non-hydrogen) atoms. The maximum atomic E-state index is 2.59. The summed E-state index contributed by atoms with van der Waals surface area (Å²) < 4.78 is 3.54. The van der Waals surface area contributed by atoms with Crippen LogP contribution >= 0.6 is 0 Å². The molecule has 2 aromatic carbocycles. The third-order valence-corrected chi connectivity index (χ3v) is 3.53. The van der Waals surface area contributed by atoms with Gasteiger partial charge in [-0.25, -0.2) is 0 Å². The maximum absolute atomic E-state index is 2.59. The zero-order valence-electron chi connectivity index (χ0n) is 9.38. The van der Waals surface area contributed by atoms with E-state index < -0.39 is 0 Å². The van der Waals surface area contributed by atoms with Crippen molar-refractivity contribution in [1.29, 1.82) is 0 Å². The first kappa shape index (κ1) is 10.6. The zero-order chi connectivity index (χ0) is 11.7. The second-order valence-electron chi connectivity index (χ2n) is 4.17. The number of rotatable bonds is 2. The molecule has 0 atom stereocenters. The van der Waals surface area contributed by atoms with Gasteiger partial charge in [-0.3, -0.25) is 0 Å². The van der Waals surface area contributed by atoms with Crippen molar-refractivity contribution in [3.05, 3.63) is 66.4 Å². The minimum atomic E-state index is 0.933. The molecule has 3 rings (SSSR count). The first-order valence-electron chi connectivity index (χ1n) is 5.65. The number of fused-ring (bicyclic) bond motifs is 1. The molecule has 0 unspecified atom stereocenters. The fourth-order valence-corrected chi connectivity index (χ4v) is 2.55. The van der Waals surface area contributed by atoms with Crippen molar-refractivity contribution < 1.29 is 0 Å². The number of aromatic nitrogens is 1. The van der Waals surface area contributed by atoms with Crippen LogP contribution in [0.2, 0.25) is 0 Å². The molecule has 0 aliphatic carbocycles. The Morgan fingerprint density at radius 3 is 2.59 bits per heavy atom. The number of nitrogens with zero attached hydrogens (tertiary/aromatic N) is 1. The first-order chi connectivity index (χ1) is 8.33. The molecule has 0 saturated carbocycles. The van der Waals surface area contributed by atoms with Crippen molar-refractivity contribution in [1.82, 2.24) is 4.57 Å². The van der Waals surface area contributed by atoms with Crippen LogP contribution in [0.5, 0.6) is 0 Å². The summed E-state index contributed by atoms with van der Waals surface area (Å²) in [7, 11) is 0. The van der Waals surface area contributed by atoms with Crippen LogP contribution in [0.25, 0.3) is 10.9 Å². The van der Waals surface area contributed by atoms with E-state index in [4.69, 9.17) is 0 Å². The fourth-order valence-electron chi connectivity index (χ4n) is 2.11. The quantitative estimate of drug-likeness (QED) is 0.637. The number of hydrogen-bond acceptors (Lipinski definition) is 0. The van der Waals surface area contributed by atoms with Crippen LogP contribution in [0, 0.1) is 0 Å². The third-order valence-electron chi connectivity index (χ3n) is 2.95. The van der Waals surface area contributed by atoms with Crippen LogP contribution in [0.1, 0.15) is 5.56 Å². The standard InChI is InChI=1S/C15H13NSe/c17-14-6-7-15-13(10-14)8-9-16(15)11-12-4-2-1-3-5-12/h1-10,17H,11H2. The Labute approximate surface area is 109 Å². The van der Waals surface area contributed by atoms with Gasteiger partial charge in [0.2, 0.25) is 0 Å². The van der Waals surface area contributed by atoms with Gasteiger partial charge in [0.25, 0.3) is 0 Å². The number of benzene rings is 2. The van der Waals surface area contributed by atoms with Gasteiger partial charge in [-0.2, -0.15) is 0 Å². The van der Waals surface area contributed by atoms with Crippen molar-refractivity contribution in [3.8, 4) is 0 Å². The molecule has 0 aliphatic rings. The van der Waals surface area contributed by atoms with Gasteiger partial charge in [0.05, 0.1) is 0 Å². The van der Waals surface area contributed by atoms with E-state index in [0.29, 0.717) is 0 Å². The van der Waals surface area contributed by atoms with E-state index in [0.717, 1.165) is 6.54 Å². The van der Waals surface area contributed by atoms with E-state index in [2.05, 4.69) is 81.4 Å². The van der Waals surface area contributed by atoms with E-state index >= 15 is 0 Å². The van der Waals surface area contributed by atoms with Crippen molar-refractivity contribution in [2.24, 2.45) is 0 Å². The number of hydrogen-bond donors (Lipinski definition) is 0. The predicted octanol–water partition coefficient (Wildman–Crippen LogP) is 2.22. The van der Waals surface area contributed by atoms with Crippen LogP contribution in [-0.2, 0) is 6.54 Å². The molecule has 3 aromatic rings. The van der Waals surface area contributed by atoms with Crippen molar-refractivity contribution >= 4 is 31.4 Å². The van der Waals surface area contributed by atoms with E-state index in [1.807, 2.05) is 0 Å². The molecule has 0 amide bonds. The molecule has 1 heterocycles. The van der Waals surface area contributed by atoms with E-state index in [1.54, 1.807) is 0 Å². The molecule has 1 nitrogen and oxygen atoms in total. The summed E-state index contributed by atoms with van der Waals surface area (Å²) in [5, 5.41) is 1.30. The van der Waals surface area contributed by atoms with Crippen molar-refractivity contribution in [3.63, 3.8) is 0 Å². The topological polar surface area (TPSA) is 4.93 Å². The van der Waals surface area contributed by atoms with Crippen LogP contribution in [0.4, 0.5) is 0 Å². The summed E-state index contributed by atoms with van der Waals surface area (Å²) >= 11 is 2.59. The Morgan fingerprint density at radius 2 is 1.76 bits per heavy atom. The first-order valence-corrected chi connectivity index (χ1v) is 6.58. The van der Waals surface area contributed by atoms with Gasteiger partial charge in [0, 0.05) is 0 Å². The summed E-state index contributed by atoms with van der Waals surface area (Å²) in [5.41, 5.74) is 2.63. The Morgan fingerprint density at radius 1 is 0.941 bits per heavy atom. The molecule has 0 saturated heterocycles. The summed E-state index contributed by atoms with van der Waals surface area (Å²) in [6, 6.07) is 19.3. The Kier molecular flexibility index (Phi) is 2.76. The van der Waals surface area contributed by atoms with Gasteiger partial charge < -0.3 is 0 Å². The molecular weight excluding hydrogens is 273 g/mol. The molecule has 0 aliphatic heterocycles. The molecule has 0 spiro atoms. The normalized spacial score (nSPS) is 10.9. The SMILES string of the molecule is [SeH]c1ccc2c(ccn2Cc2ccccc2)c1. The molecule has 1 aromatic heterocycles. The fraction of sp³-hybridized carbons (Fsp3) is 0.0667. The van der Waals surface area contributed by atoms with E-state index in [1.165, 1.54) is 20.9 Å². The summed E-state index contributed by atoms with van der Waals surface area (Å²) in [6.07, 6.45) is 2.16. The Balaban J connectivity index is 2.01. The van der Waals surface area contributed by atoms with Crippen LogP contribution < -0.4 is 4.46 Å². The summed E-state index contributed by atoms with van der Waals surface area (Å²) in [4.78, 5) is 0. The second-order valence-corrected chi connectivity index (χ2v) is 5.26.